The monoisotopic (exact) mass is 401 g/mol. The van der Waals surface area contributed by atoms with Crippen LogP contribution >= 0.6 is 0 Å². The van der Waals surface area contributed by atoms with E-state index in [1.807, 2.05) is 11.1 Å². The Labute approximate surface area is 158 Å². The summed E-state index contributed by atoms with van der Waals surface area (Å²) < 4.78 is 27.2. The molecule has 0 unspecified atom stereocenters. The van der Waals surface area contributed by atoms with Crippen LogP contribution in [0.1, 0.15) is 10.4 Å². The summed E-state index contributed by atoms with van der Waals surface area (Å²) in [6.45, 7) is 0. The highest BCUT2D eigenvalue weighted by molar-refractivity contribution is 7.92. The molecule has 0 saturated heterocycles. The van der Waals surface area contributed by atoms with Crippen molar-refractivity contribution in [3.63, 3.8) is 0 Å². The van der Waals surface area contributed by atoms with Crippen LogP contribution in [0.5, 0.6) is 0 Å². The average Bonchev–Trinajstić information content (AvgIpc) is 2.66. The predicted octanol–water partition coefficient (Wildman–Crippen LogP) is 0.621. The lowest BCUT2D eigenvalue weighted by Gasteiger charge is -2.13. The Morgan fingerprint density at radius 2 is 1.61 bits per heavy atom. The minimum absolute atomic E-state index is 0.0235. The zero-order chi connectivity index (χ0) is 20.1. The zero-order valence-corrected chi connectivity index (χ0v) is 15.0. The quantitative estimate of drug-likeness (QED) is 0.382. The van der Waals surface area contributed by atoms with Gasteiger partial charge >= 0.3 is 5.69 Å². The standard InChI is InChI=1S/C17H15N5O5S/c23-15(21-20-11-6-2-1-3-7-11)12-8-4-5-9-13(12)22-28(26,27)14-10-18-17(25)19-16(14)24/h1-10,20,22H,(H,21,23)(H2,18,19,24,25). The van der Waals surface area contributed by atoms with Crippen LogP contribution in [-0.4, -0.2) is 24.3 Å². The second-order valence-electron chi connectivity index (χ2n) is 5.53. The molecule has 11 heteroatoms. The maximum Gasteiger partial charge on any atom is 0.325 e. The summed E-state index contributed by atoms with van der Waals surface area (Å²) in [5.41, 5.74) is 3.87. The Balaban J connectivity index is 1.84. The van der Waals surface area contributed by atoms with Crippen molar-refractivity contribution in [2.45, 2.75) is 4.90 Å². The minimum Gasteiger partial charge on any atom is -0.313 e. The van der Waals surface area contributed by atoms with E-state index >= 15 is 0 Å². The van der Waals surface area contributed by atoms with Gasteiger partial charge in [-0.15, -0.1) is 0 Å². The van der Waals surface area contributed by atoms with Gasteiger partial charge < -0.3 is 4.98 Å². The van der Waals surface area contributed by atoms with E-state index in [0.717, 1.165) is 6.20 Å². The SMILES string of the molecule is O=C(NNc1ccccc1)c1ccccc1NS(=O)(=O)c1c[nH]c(=O)[nH]c1=O. The third kappa shape index (κ3) is 4.27. The molecule has 0 saturated carbocycles. The maximum absolute atomic E-state index is 12.5. The molecule has 144 valence electrons. The number of sulfonamides is 1. The lowest BCUT2D eigenvalue weighted by atomic mass is 10.2. The molecule has 5 N–H and O–H groups in total. The molecule has 1 aromatic heterocycles. The first-order chi connectivity index (χ1) is 13.4. The highest BCUT2D eigenvalue weighted by Crippen LogP contribution is 2.18. The summed E-state index contributed by atoms with van der Waals surface area (Å²) in [5, 5.41) is 0. The molecule has 0 fully saturated rings. The molecule has 1 amide bonds. The van der Waals surface area contributed by atoms with E-state index in [0.29, 0.717) is 5.69 Å². The van der Waals surface area contributed by atoms with Gasteiger partial charge in [0.2, 0.25) is 0 Å². The molecule has 3 aromatic rings. The summed E-state index contributed by atoms with van der Waals surface area (Å²) >= 11 is 0. The lowest BCUT2D eigenvalue weighted by molar-refractivity contribution is 0.0963. The van der Waals surface area contributed by atoms with Gasteiger partial charge in [-0.1, -0.05) is 30.3 Å². The largest absolute Gasteiger partial charge is 0.325 e. The molecule has 0 aliphatic rings. The number of aromatic amines is 2. The number of amides is 1. The molecular weight excluding hydrogens is 386 g/mol. The Kier molecular flexibility index (Phi) is 5.27. The van der Waals surface area contributed by atoms with Gasteiger partial charge in [0, 0.05) is 6.20 Å². The Hall–Kier alpha value is -3.86. The molecule has 0 bridgehead atoms. The molecule has 0 aliphatic carbocycles. The van der Waals surface area contributed by atoms with Crippen molar-refractivity contribution in [1.82, 2.24) is 15.4 Å². The number of hydrazine groups is 1. The number of H-pyrrole nitrogens is 2. The number of nitrogens with one attached hydrogen (secondary N) is 5. The van der Waals surface area contributed by atoms with Crippen LogP contribution in [0.4, 0.5) is 11.4 Å². The molecule has 3 rings (SSSR count). The fraction of sp³-hybridized carbons (Fsp3) is 0. The number of carbonyl (C=O) groups excluding carboxylic acids is 1. The summed E-state index contributed by atoms with van der Waals surface area (Å²) in [4.78, 5) is 38.5. The van der Waals surface area contributed by atoms with Crippen LogP contribution in [0, 0.1) is 0 Å². The van der Waals surface area contributed by atoms with Crippen molar-refractivity contribution >= 4 is 27.3 Å². The van der Waals surface area contributed by atoms with Crippen molar-refractivity contribution in [2.75, 3.05) is 10.1 Å². The van der Waals surface area contributed by atoms with Gasteiger partial charge in [-0.25, -0.2) is 13.2 Å². The first-order valence-corrected chi connectivity index (χ1v) is 9.40. The van der Waals surface area contributed by atoms with Crippen molar-refractivity contribution < 1.29 is 13.2 Å². The number of benzene rings is 2. The summed E-state index contributed by atoms with van der Waals surface area (Å²) in [5.74, 6) is -0.600. The molecule has 0 atom stereocenters. The van der Waals surface area contributed by atoms with Crippen molar-refractivity contribution in [2.24, 2.45) is 0 Å². The smallest absolute Gasteiger partial charge is 0.313 e. The van der Waals surface area contributed by atoms with Crippen LogP contribution in [0.15, 0.2) is 75.3 Å². The normalized spacial score (nSPS) is 10.9. The van der Waals surface area contributed by atoms with E-state index in [4.69, 9.17) is 0 Å². The number of para-hydroxylation sites is 2. The minimum atomic E-state index is -4.35. The molecule has 0 spiro atoms. The number of rotatable bonds is 6. The number of hydrogen-bond donors (Lipinski definition) is 5. The van der Waals surface area contributed by atoms with Crippen LogP contribution in [0.3, 0.4) is 0 Å². The summed E-state index contributed by atoms with van der Waals surface area (Å²) in [7, 11) is -4.35. The van der Waals surface area contributed by atoms with E-state index in [1.165, 1.54) is 18.2 Å². The van der Waals surface area contributed by atoms with Crippen molar-refractivity contribution in [3.05, 3.63) is 87.2 Å². The molecular formula is C17H15N5O5S. The van der Waals surface area contributed by atoms with Crippen LogP contribution in [0.2, 0.25) is 0 Å². The highest BCUT2D eigenvalue weighted by atomic mass is 32.2. The van der Waals surface area contributed by atoms with Crippen LogP contribution in [-0.2, 0) is 10.0 Å². The van der Waals surface area contributed by atoms with Gasteiger partial charge in [0.05, 0.1) is 16.9 Å². The Morgan fingerprint density at radius 3 is 2.32 bits per heavy atom. The maximum atomic E-state index is 12.5. The van der Waals surface area contributed by atoms with Gasteiger partial charge in [0.25, 0.3) is 21.5 Å². The van der Waals surface area contributed by atoms with Gasteiger partial charge in [-0.3, -0.25) is 30.1 Å². The van der Waals surface area contributed by atoms with Crippen molar-refractivity contribution in [3.8, 4) is 0 Å². The van der Waals surface area contributed by atoms with E-state index in [-0.39, 0.29) is 11.3 Å². The summed E-state index contributed by atoms with van der Waals surface area (Å²) in [6, 6.07) is 14.7. The number of hydrogen-bond acceptors (Lipinski definition) is 6. The highest BCUT2D eigenvalue weighted by Gasteiger charge is 2.21. The molecule has 0 aliphatic heterocycles. The van der Waals surface area contributed by atoms with Gasteiger partial charge in [-0.2, -0.15) is 0 Å². The summed E-state index contributed by atoms with van der Waals surface area (Å²) in [6.07, 6.45) is 0.781. The van der Waals surface area contributed by atoms with Crippen molar-refractivity contribution in [1.29, 1.82) is 0 Å². The third-order valence-electron chi connectivity index (χ3n) is 3.58. The first kappa shape index (κ1) is 18.9. The second-order valence-corrected chi connectivity index (χ2v) is 7.18. The molecule has 0 radical (unpaired) electrons. The van der Waals surface area contributed by atoms with Crippen LogP contribution < -0.4 is 26.8 Å². The Bertz CT molecular complexity index is 1220. The number of carbonyl (C=O) groups is 1. The van der Waals surface area contributed by atoms with Gasteiger partial charge in [0.15, 0.2) is 4.90 Å². The number of anilines is 2. The van der Waals surface area contributed by atoms with Crippen LogP contribution in [0.25, 0.3) is 0 Å². The van der Waals surface area contributed by atoms with Gasteiger partial charge in [0.1, 0.15) is 0 Å². The average molecular weight is 401 g/mol. The zero-order valence-electron chi connectivity index (χ0n) is 14.2. The van der Waals surface area contributed by atoms with E-state index in [2.05, 4.69) is 20.6 Å². The van der Waals surface area contributed by atoms with E-state index in [9.17, 15) is 22.8 Å². The first-order valence-electron chi connectivity index (χ1n) is 7.92. The van der Waals surface area contributed by atoms with Gasteiger partial charge in [-0.05, 0) is 24.3 Å². The number of aromatic nitrogens is 2. The molecule has 10 nitrogen and oxygen atoms in total. The second kappa shape index (κ2) is 7.80. The topological polar surface area (TPSA) is 153 Å². The molecule has 1 heterocycles. The third-order valence-corrected chi connectivity index (χ3v) is 4.96. The lowest BCUT2D eigenvalue weighted by Crippen LogP contribution is -2.32. The fourth-order valence-corrected chi connectivity index (χ4v) is 3.37. The van der Waals surface area contributed by atoms with E-state index < -0.39 is 32.1 Å². The fourth-order valence-electron chi connectivity index (χ4n) is 2.28. The predicted molar refractivity (Wildman–Crippen MR) is 102 cm³/mol. The van der Waals surface area contributed by atoms with E-state index in [1.54, 1.807) is 30.3 Å². The Morgan fingerprint density at radius 1 is 0.929 bits per heavy atom. The molecule has 2 aromatic carbocycles. The molecule has 28 heavy (non-hydrogen) atoms.